The largest absolute Gasteiger partial charge is 0.355 e. The molecule has 0 aromatic carbocycles. The molecule has 0 radical (unpaired) electrons. The maximum absolute atomic E-state index is 5.61. The maximum atomic E-state index is 5.61. The highest BCUT2D eigenvalue weighted by Gasteiger charge is 2.28. The third kappa shape index (κ3) is 2.90. The van der Waals surface area contributed by atoms with Gasteiger partial charge in [-0.05, 0) is 44.0 Å². The maximum Gasteiger partial charge on any atom is 0.128 e. The molecule has 3 heterocycles. The van der Waals surface area contributed by atoms with Crippen LogP contribution in [0.15, 0.2) is 18.3 Å². The number of likely N-dealkylation sites (tertiary alicyclic amines) is 1. The summed E-state index contributed by atoms with van der Waals surface area (Å²) in [5, 5.41) is 0. The van der Waals surface area contributed by atoms with E-state index in [1.54, 1.807) is 0 Å². The molecule has 4 nitrogen and oxygen atoms in total. The summed E-state index contributed by atoms with van der Waals surface area (Å²) in [6, 6.07) is 4.94. The molecule has 2 aliphatic heterocycles. The fraction of sp³-hybridized carbons (Fsp3) is 0.667. The first-order valence-electron chi connectivity index (χ1n) is 7.51. The average Bonchev–Trinajstić information content (AvgIpc) is 2.98. The van der Waals surface area contributed by atoms with E-state index in [2.05, 4.69) is 26.9 Å². The highest BCUT2D eigenvalue weighted by atomic mass is 15.3. The Bertz CT molecular complexity index is 397. The topological polar surface area (TPSA) is 45.4 Å². The zero-order valence-corrected chi connectivity index (χ0v) is 11.6. The van der Waals surface area contributed by atoms with E-state index < -0.39 is 0 Å². The van der Waals surface area contributed by atoms with Crippen molar-refractivity contribution in [2.24, 2.45) is 5.73 Å². The highest BCUT2D eigenvalue weighted by molar-refractivity contribution is 5.41. The van der Waals surface area contributed by atoms with E-state index in [9.17, 15) is 0 Å². The van der Waals surface area contributed by atoms with Gasteiger partial charge in [0.1, 0.15) is 5.82 Å². The summed E-state index contributed by atoms with van der Waals surface area (Å²) in [6.07, 6.45) is 7.35. The SMILES string of the molecule is NCc1ccc(N2CCC(N3CCCCC3)C2)nc1. The average molecular weight is 260 g/mol. The Morgan fingerprint density at radius 1 is 1.16 bits per heavy atom. The summed E-state index contributed by atoms with van der Waals surface area (Å²) in [6.45, 7) is 5.42. The quantitative estimate of drug-likeness (QED) is 0.897. The molecule has 1 unspecified atom stereocenters. The Labute approximate surface area is 115 Å². The van der Waals surface area contributed by atoms with Crippen molar-refractivity contribution in [1.29, 1.82) is 0 Å². The third-order valence-electron chi connectivity index (χ3n) is 4.44. The van der Waals surface area contributed by atoms with Crippen LogP contribution in [0.2, 0.25) is 0 Å². The van der Waals surface area contributed by atoms with Crippen molar-refractivity contribution in [3.05, 3.63) is 23.9 Å². The molecule has 19 heavy (non-hydrogen) atoms. The van der Waals surface area contributed by atoms with Crippen LogP contribution < -0.4 is 10.6 Å². The molecule has 2 saturated heterocycles. The van der Waals surface area contributed by atoms with Gasteiger partial charge >= 0.3 is 0 Å². The lowest BCUT2D eigenvalue weighted by Gasteiger charge is -2.32. The number of hydrogen-bond donors (Lipinski definition) is 1. The molecule has 1 aromatic rings. The van der Waals surface area contributed by atoms with Gasteiger partial charge in [-0.1, -0.05) is 12.5 Å². The first-order valence-corrected chi connectivity index (χ1v) is 7.51. The van der Waals surface area contributed by atoms with Crippen LogP contribution in [-0.2, 0) is 6.54 Å². The van der Waals surface area contributed by atoms with Gasteiger partial charge in [0.05, 0.1) is 0 Å². The summed E-state index contributed by atoms with van der Waals surface area (Å²) >= 11 is 0. The first-order chi connectivity index (χ1) is 9.36. The van der Waals surface area contributed by atoms with Crippen molar-refractivity contribution < 1.29 is 0 Å². The van der Waals surface area contributed by atoms with E-state index in [1.807, 2.05) is 6.20 Å². The fourth-order valence-electron chi connectivity index (χ4n) is 3.26. The molecule has 1 aromatic heterocycles. The van der Waals surface area contributed by atoms with Crippen LogP contribution in [0.4, 0.5) is 5.82 Å². The summed E-state index contributed by atoms with van der Waals surface area (Å²) in [7, 11) is 0. The van der Waals surface area contributed by atoms with Gasteiger partial charge in [0, 0.05) is 31.9 Å². The van der Waals surface area contributed by atoms with Gasteiger partial charge in [-0.3, -0.25) is 4.90 Å². The Morgan fingerprint density at radius 2 is 2.00 bits per heavy atom. The molecular formula is C15H24N4. The van der Waals surface area contributed by atoms with Crippen LogP contribution in [0, 0.1) is 0 Å². The normalized spacial score (nSPS) is 24.9. The number of nitrogens with two attached hydrogens (primary N) is 1. The smallest absolute Gasteiger partial charge is 0.128 e. The Hall–Kier alpha value is -1.13. The number of piperidine rings is 1. The van der Waals surface area contributed by atoms with E-state index in [4.69, 9.17) is 5.73 Å². The predicted molar refractivity (Wildman–Crippen MR) is 78.2 cm³/mol. The predicted octanol–water partition coefficient (Wildman–Crippen LogP) is 1.60. The van der Waals surface area contributed by atoms with Gasteiger partial charge in [-0.25, -0.2) is 4.98 Å². The van der Waals surface area contributed by atoms with Gasteiger partial charge in [0.2, 0.25) is 0 Å². The molecule has 104 valence electrons. The van der Waals surface area contributed by atoms with Crippen LogP contribution >= 0.6 is 0 Å². The number of nitrogens with zero attached hydrogens (tertiary/aromatic N) is 3. The van der Waals surface area contributed by atoms with Crippen LogP contribution in [-0.4, -0.2) is 42.1 Å². The lowest BCUT2D eigenvalue weighted by atomic mass is 10.1. The zero-order chi connectivity index (χ0) is 13.1. The first kappa shape index (κ1) is 12.9. The lowest BCUT2D eigenvalue weighted by molar-refractivity contribution is 0.175. The number of aromatic nitrogens is 1. The number of hydrogen-bond acceptors (Lipinski definition) is 4. The van der Waals surface area contributed by atoms with Gasteiger partial charge in [-0.2, -0.15) is 0 Å². The van der Waals surface area contributed by atoms with Gasteiger partial charge in [-0.15, -0.1) is 0 Å². The summed E-state index contributed by atoms with van der Waals surface area (Å²) in [4.78, 5) is 9.63. The van der Waals surface area contributed by atoms with Crippen molar-refractivity contribution in [1.82, 2.24) is 9.88 Å². The van der Waals surface area contributed by atoms with Gasteiger partial charge < -0.3 is 10.6 Å². The molecule has 0 spiro atoms. The second-order valence-electron chi connectivity index (χ2n) is 5.71. The highest BCUT2D eigenvalue weighted by Crippen LogP contribution is 2.23. The van der Waals surface area contributed by atoms with Crippen molar-refractivity contribution in [3.63, 3.8) is 0 Å². The van der Waals surface area contributed by atoms with Crippen LogP contribution in [0.5, 0.6) is 0 Å². The monoisotopic (exact) mass is 260 g/mol. The second-order valence-corrected chi connectivity index (χ2v) is 5.71. The van der Waals surface area contributed by atoms with E-state index in [0.717, 1.165) is 30.5 Å². The Morgan fingerprint density at radius 3 is 2.68 bits per heavy atom. The molecule has 2 fully saturated rings. The van der Waals surface area contributed by atoms with Gasteiger partial charge in [0.25, 0.3) is 0 Å². The molecule has 2 aliphatic rings. The minimum atomic E-state index is 0.573. The van der Waals surface area contributed by atoms with Gasteiger partial charge in [0.15, 0.2) is 0 Å². The van der Waals surface area contributed by atoms with Crippen LogP contribution in [0.1, 0.15) is 31.2 Å². The van der Waals surface area contributed by atoms with E-state index in [0.29, 0.717) is 6.54 Å². The summed E-state index contributed by atoms with van der Waals surface area (Å²) in [5.41, 5.74) is 6.72. The van der Waals surface area contributed by atoms with Crippen molar-refractivity contribution >= 4 is 5.82 Å². The molecule has 2 N–H and O–H groups in total. The van der Waals surface area contributed by atoms with Crippen LogP contribution in [0.25, 0.3) is 0 Å². The summed E-state index contributed by atoms with van der Waals surface area (Å²) in [5.74, 6) is 1.11. The lowest BCUT2D eigenvalue weighted by Crippen LogP contribution is -2.40. The molecular weight excluding hydrogens is 236 g/mol. The molecule has 3 rings (SSSR count). The Kier molecular flexibility index (Phi) is 3.99. The third-order valence-corrected chi connectivity index (χ3v) is 4.44. The zero-order valence-electron chi connectivity index (χ0n) is 11.6. The number of rotatable bonds is 3. The molecule has 0 saturated carbocycles. The van der Waals surface area contributed by atoms with Crippen molar-refractivity contribution in [3.8, 4) is 0 Å². The minimum Gasteiger partial charge on any atom is -0.355 e. The molecule has 4 heteroatoms. The summed E-state index contributed by atoms with van der Waals surface area (Å²) < 4.78 is 0. The standard InChI is InChI=1S/C15H24N4/c16-10-13-4-5-15(17-11-13)19-9-6-14(12-19)18-7-2-1-3-8-18/h4-5,11,14H,1-3,6-10,12,16H2. The molecule has 1 atom stereocenters. The van der Waals surface area contributed by atoms with Crippen LogP contribution in [0.3, 0.4) is 0 Å². The number of pyridine rings is 1. The molecule has 0 amide bonds. The van der Waals surface area contributed by atoms with Crippen molar-refractivity contribution in [2.45, 2.75) is 38.3 Å². The van der Waals surface area contributed by atoms with E-state index in [1.165, 1.54) is 38.8 Å². The van der Waals surface area contributed by atoms with E-state index >= 15 is 0 Å². The number of anilines is 1. The van der Waals surface area contributed by atoms with E-state index in [-0.39, 0.29) is 0 Å². The van der Waals surface area contributed by atoms with Crippen molar-refractivity contribution in [2.75, 3.05) is 31.1 Å². The second kappa shape index (κ2) is 5.88. The minimum absolute atomic E-state index is 0.573. The fourth-order valence-corrected chi connectivity index (χ4v) is 3.26. The molecule has 0 aliphatic carbocycles. The molecule has 0 bridgehead atoms. The Balaban J connectivity index is 1.61.